The SMILES string of the molecule is COc1cc(/C=C2/SC(N3CC(C)OC(C)C3)=NC2=O)ccc1OCc1ccc(C(F)(F)F)cc1C(F)(F)F. The molecule has 39 heavy (non-hydrogen) atoms. The lowest BCUT2D eigenvalue weighted by molar-refractivity contribution is -0.143. The topological polar surface area (TPSA) is 60.4 Å². The molecule has 1 amide bonds. The zero-order chi connectivity index (χ0) is 28.5. The van der Waals surface area contributed by atoms with Gasteiger partial charge in [0.1, 0.15) is 6.61 Å². The van der Waals surface area contributed by atoms with E-state index >= 15 is 0 Å². The standard InChI is InChI=1S/C26H24F6N2O4S/c1-14-11-34(12-15(2)38-14)24-33-23(35)22(39-24)9-16-4-7-20(21(8-16)36-3)37-13-17-5-6-18(25(27,28)29)10-19(17)26(30,31)32/h4-10,14-15H,11-13H2,1-3H3/b22-9+. The van der Waals surface area contributed by atoms with E-state index in [-0.39, 0.29) is 29.8 Å². The number of rotatable bonds is 5. The Morgan fingerprint density at radius 3 is 2.33 bits per heavy atom. The number of nitrogens with zero attached hydrogens (tertiary/aromatic N) is 2. The Bertz CT molecular complexity index is 1300. The maximum absolute atomic E-state index is 13.4. The van der Waals surface area contributed by atoms with Gasteiger partial charge in [0.15, 0.2) is 16.7 Å². The van der Waals surface area contributed by atoms with Gasteiger partial charge in [-0.25, -0.2) is 0 Å². The molecule has 0 spiro atoms. The monoisotopic (exact) mass is 574 g/mol. The number of thioether (sulfide) groups is 1. The number of ether oxygens (including phenoxy) is 3. The second-order valence-corrected chi connectivity index (χ2v) is 10.0. The predicted molar refractivity (Wildman–Crippen MR) is 133 cm³/mol. The van der Waals surface area contributed by atoms with Crippen molar-refractivity contribution in [2.45, 2.75) is 45.0 Å². The van der Waals surface area contributed by atoms with Crippen molar-refractivity contribution < 1.29 is 45.3 Å². The van der Waals surface area contributed by atoms with E-state index in [0.717, 1.165) is 6.07 Å². The summed E-state index contributed by atoms with van der Waals surface area (Å²) in [7, 11) is 1.33. The van der Waals surface area contributed by atoms with Crippen molar-refractivity contribution in [2.75, 3.05) is 20.2 Å². The smallest absolute Gasteiger partial charge is 0.416 e. The minimum absolute atomic E-state index is 0.00762. The van der Waals surface area contributed by atoms with Gasteiger partial charge in [0.2, 0.25) is 0 Å². The Kier molecular flexibility index (Phi) is 8.22. The number of halogens is 6. The molecule has 2 aromatic carbocycles. The molecule has 0 bridgehead atoms. The lowest BCUT2D eigenvalue weighted by Gasteiger charge is -2.35. The van der Waals surface area contributed by atoms with Crippen LogP contribution in [-0.2, 0) is 28.5 Å². The molecule has 2 unspecified atom stereocenters. The third kappa shape index (κ3) is 6.88. The highest BCUT2D eigenvalue weighted by Gasteiger charge is 2.38. The molecule has 210 valence electrons. The summed E-state index contributed by atoms with van der Waals surface area (Å²) in [4.78, 5) is 19.1. The predicted octanol–water partition coefficient (Wildman–Crippen LogP) is 6.39. The van der Waals surface area contributed by atoms with E-state index in [2.05, 4.69) is 4.99 Å². The maximum Gasteiger partial charge on any atom is 0.416 e. The zero-order valence-corrected chi connectivity index (χ0v) is 21.8. The molecular weight excluding hydrogens is 550 g/mol. The highest BCUT2D eigenvalue weighted by Crippen LogP contribution is 2.39. The van der Waals surface area contributed by atoms with E-state index in [1.165, 1.54) is 31.0 Å². The molecule has 1 fully saturated rings. The third-order valence-electron chi connectivity index (χ3n) is 5.91. The van der Waals surface area contributed by atoms with Crippen molar-refractivity contribution in [1.82, 2.24) is 4.90 Å². The molecule has 0 N–H and O–H groups in total. The van der Waals surface area contributed by atoms with Gasteiger partial charge >= 0.3 is 12.4 Å². The number of amidine groups is 1. The first-order valence-electron chi connectivity index (χ1n) is 11.8. The van der Waals surface area contributed by atoms with Crippen molar-refractivity contribution in [3.63, 3.8) is 0 Å². The number of carbonyl (C=O) groups is 1. The van der Waals surface area contributed by atoms with Crippen LogP contribution in [-0.4, -0.2) is 48.4 Å². The van der Waals surface area contributed by atoms with Crippen LogP contribution in [0.15, 0.2) is 46.3 Å². The number of aliphatic imine (C=N–C) groups is 1. The van der Waals surface area contributed by atoms with Crippen molar-refractivity contribution in [2.24, 2.45) is 4.99 Å². The number of alkyl halides is 6. The summed E-state index contributed by atoms with van der Waals surface area (Å²) in [6.07, 6.45) is -8.33. The number of amides is 1. The molecule has 13 heteroatoms. The van der Waals surface area contributed by atoms with Crippen molar-refractivity contribution in [3.8, 4) is 11.5 Å². The number of hydrogen-bond acceptors (Lipinski definition) is 6. The number of carbonyl (C=O) groups excluding carboxylic acids is 1. The van der Waals surface area contributed by atoms with Crippen LogP contribution in [0.3, 0.4) is 0 Å². The van der Waals surface area contributed by atoms with Gasteiger partial charge in [0.25, 0.3) is 5.91 Å². The van der Waals surface area contributed by atoms with Gasteiger partial charge in [-0.3, -0.25) is 4.79 Å². The summed E-state index contributed by atoms with van der Waals surface area (Å²) in [5.74, 6) is -0.161. The van der Waals surface area contributed by atoms with Gasteiger partial charge < -0.3 is 19.1 Å². The van der Waals surface area contributed by atoms with E-state index in [1.807, 2.05) is 18.7 Å². The van der Waals surface area contributed by atoms with Crippen LogP contribution in [0.25, 0.3) is 6.08 Å². The van der Waals surface area contributed by atoms with Crippen molar-refractivity contribution in [1.29, 1.82) is 0 Å². The Hall–Kier alpha value is -3.19. The average molecular weight is 575 g/mol. The lowest BCUT2D eigenvalue weighted by Crippen LogP contribution is -2.47. The van der Waals surface area contributed by atoms with E-state index in [0.29, 0.717) is 34.8 Å². The summed E-state index contributed by atoms with van der Waals surface area (Å²) in [6, 6.07) is 5.94. The van der Waals surface area contributed by atoms with Crippen LogP contribution in [0.1, 0.15) is 36.1 Å². The average Bonchev–Trinajstić information content (AvgIpc) is 3.21. The Morgan fingerprint density at radius 2 is 1.72 bits per heavy atom. The molecule has 0 aliphatic carbocycles. The Labute approximate surface area is 224 Å². The van der Waals surface area contributed by atoms with Gasteiger partial charge in [-0.2, -0.15) is 31.3 Å². The van der Waals surface area contributed by atoms with Gasteiger partial charge in [-0.05, 0) is 61.5 Å². The molecular formula is C26H24F6N2O4S. The number of benzene rings is 2. The molecule has 2 aromatic rings. The first-order valence-corrected chi connectivity index (χ1v) is 12.6. The first-order chi connectivity index (χ1) is 18.2. The molecule has 2 aliphatic heterocycles. The van der Waals surface area contributed by atoms with Gasteiger partial charge in [0, 0.05) is 18.7 Å². The molecule has 0 aromatic heterocycles. The van der Waals surface area contributed by atoms with Crippen LogP contribution in [0, 0.1) is 0 Å². The third-order valence-corrected chi connectivity index (χ3v) is 6.96. The maximum atomic E-state index is 13.4. The minimum Gasteiger partial charge on any atom is -0.493 e. The van der Waals surface area contributed by atoms with Crippen LogP contribution in [0.2, 0.25) is 0 Å². The summed E-state index contributed by atoms with van der Waals surface area (Å²) in [5, 5.41) is 0.581. The Morgan fingerprint density at radius 1 is 1.03 bits per heavy atom. The van der Waals surface area contributed by atoms with E-state index in [1.54, 1.807) is 12.1 Å². The highest BCUT2D eigenvalue weighted by atomic mass is 32.2. The molecule has 1 saturated heterocycles. The second kappa shape index (κ2) is 11.1. The highest BCUT2D eigenvalue weighted by molar-refractivity contribution is 8.18. The number of methoxy groups -OCH3 is 1. The van der Waals surface area contributed by atoms with E-state index < -0.39 is 41.6 Å². The summed E-state index contributed by atoms with van der Waals surface area (Å²) in [5.41, 5.74) is -2.75. The molecule has 0 saturated carbocycles. The fourth-order valence-electron chi connectivity index (χ4n) is 4.21. The summed E-state index contributed by atoms with van der Waals surface area (Å²) < 4.78 is 95.7. The molecule has 2 atom stereocenters. The van der Waals surface area contributed by atoms with Gasteiger partial charge in [-0.15, -0.1) is 0 Å². The fraction of sp³-hybridized carbons (Fsp3) is 0.385. The molecule has 4 rings (SSSR count). The van der Waals surface area contributed by atoms with Crippen LogP contribution in [0.5, 0.6) is 11.5 Å². The number of hydrogen-bond donors (Lipinski definition) is 0. The number of morpholine rings is 1. The molecule has 2 aliphatic rings. The molecule has 6 nitrogen and oxygen atoms in total. The first kappa shape index (κ1) is 28.8. The Balaban J connectivity index is 1.50. The van der Waals surface area contributed by atoms with Crippen LogP contribution in [0.4, 0.5) is 26.3 Å². The summed E-state index contributed by atoms with van der Waals surface area (Å²) in [6.45, 7) is 4.44. The van der Waals surface area contributed by atoms with Crippen molar-refractivity contribution in [3.05, 3.63) is 63.6 Å². The van der Waals surface area contributed by atoms with Crippen LogP contribution < -0.4 is 9.47 Å². The van der Waals surface area contributed by atoms with E-state index in [4.69, 9.17) is 14.2 Å². The normalized spacial score (nSPS) is 21.4. The van der Waals surface area contributed by atoms with Crippen LogP contribution >= 0.6 is 11.8 Å². The fourth-order valence-corrected chi connectivity index (χ4v) is 5.14. The van der Waals surface area contributed by atoms with Gasteiger partial charge in [-0.1, -0.05) is 12.1 Å². The molecule has 0 radical (unpaired) electrons. The van der Waals surface area contributed by atoms with E-state index in [9.17, 15) is 31.1 Å². The summed E-state index contributed by atoms with van der Waals surface area (Å²) >= 11 is 1.23. The largest absolute Gasteiger partial charge is 0.493 e. The lowest BCUT2D eigenvalue weighted by atomic mass is 10.0. The molecule has 2 heterocycles. The quantitative estimate of drug-likeness (QED) is 0.305. The zero-order valence-electron chi connectivity index (χ0n) is 21.0. The van der Waals surface area contributed by atoms with Gasteiger partial charge in [0.05, 0.1) is 35.3 Å². The second-order valence-electron chi connectivity index (χ2n) is 9.04. The van der Waals surface area contributed by atoms with Crippen molar-refractivity contribution >= 4 is 28.9 Å². The minimum atomic E-state index is -5.01.